The molecule has 0 heterocycles. The second-order valence-electron chi connectivity index (χ2n) is 4.44. The lowest BCUT2D eigenvalue weighted by Crippen LogP contribution is -2.03. The number of benzene rings is 2. The molecule has 20 heavy (non-hydrogen) atoms. The third-order valence-corrected chi connectivity index (χ3v) is 2.95. The fourth-order valence-corrected chi connectivity index (χ4v) is 1.84. The lowest BCUT2D eigenvalue weighted by Gasteiger charge is -2.05. The average Bonchev–Trinajstić information content (AvgIpc) is 2.52. The molecule has 0 fully saturated rings. The third-order valence-electron chi connectivity index (χ3n) is 2.95. The monoisotopic (exact) mass is 270 g/mol. The van der Waals surface area contributed by atoms with Gasteiger partial charge >= 0.3 is 0 Å². The molecule has 0 amide bonds. The van der Waals surface area contributed by atoms with Gasteiger partial charge in [0.1, 0.15) is 0 Å². The molecule has 0 bridgehead atoms. The van der Waals surface area contributed by atoms with Crippen molar-refractivity contribution in [2.24, 2.45) is 0 Å². The van der Waals surface area contributed by atoms with Crippen molar-refractivity contribution in [3.05, 3.63) is 71.3 Å². The van der Waals surface area contributed by atoms with Crippen LogP contribution in [0.5, 0.6) is 0 Å². The van der Waals surface area contributed by atoms with Crippen LogP contribution in [0.25, 0.3) is 0 Å². The van der Waals surface area contributed by atoms with E-state index in [0.29, 0.717) is 30.9 Å². The van der Waals surface area contributed by atoms with Gasteiger partial charge in [-0.25, -0.2) is 0 Å². The Morgan fingerprint density at radius 1 is 0.900 bits per heavy atom. The topological polar surface area (TPSA) is 35.5 Å². The second-order valence-corrected chi connectivity index (χ2v) is 4.44. The van der Waals surface area contributed by atoms with Crippen LogP contribution in [0.15, 0.2) is 54.6 Å². The third kappa shape index (κ3) is 4.02. The SMILES string of the molecule is COCCOCc1ccc(C(=O)c2ccccc2)cc1. The second kappa shape index (κ2) is 7.58. The lowest BCUT2D eigenvalue weighted by atomic mass is 10.0. The lowest BCUT2D eigenvalue weighted by molar-refractivity contribution is 0.0616. The Morgan fingerprint density at radius 3 is 2.20 bits per heavy atom. The summed E-state index contributed by atoms with van der Waals surface area (Å²) in [6, 6.07) is 16.8. The van der Waals surface area contributed by atoms with Crippen LogP contribution < -0.4 is 0 Å². The Hall–Kier alpha value is -1.97. The van der Waals surface area contributed by atoms with Gasteiger partial charge in [0.2, 0.25) is 0 Å². The van der Waals surface area contributed by atoms with Crippen molar-refractivity contribution in [1.29, 1.82) is 0 Å². The summed E-state index contributed by atoms with van der Waals surface area (Å²) in [5.41, 5.74) is 2.44. The quantitative estimate of drug-likeness (QED) is 0.573. The van der Waals surface area contributed by atoms with Gasteiger partial charge in [0.05, 0.1) is 19.8 Å². The van der Waals surface area contributed by atoms with Crippen LogP contribution >= 0.6 is 0 Å². The van der Waals surface area contributed by atoms with E-state index in [-0.39, 0.29) is 5.78 Å². The highest BCUT2D eigenvalue weighted by molar-refractivity contribution is 6.08. The molecule has 3 nitrogen and oxygen atoms in total. The van der Waals surface area contributed by atoms with Crippen LogP contribution in [0.3, 0.4) is 0 Å². The number of rotatable bonds is 7. The maximum atomic E-state index is 12.2. The van der Waals surface area contributed by atoms with E-state index >= 15 is 0 Å². The highest BCUT2D eigenvalue weighted by Gasteiger charge is 2.07. The molecular weight excluding hydrogens is 252 g/mol. The predicted molar refractivity (Wildman–Crippen MR) is 77.8 cm³/mol. The Bertz CT molecular complexity index is 532. The highest BCUT2D eigenvalue weighted by Crippen LogP contribution is 2.11. The van der Waals surface area contributed by atoms with Crippen LogP contribution in [-0.4, -0.2) is 26.1 Å². The Balaban J connectivity index is 1.96. The summed E-state index contributed by atoms with van der Waals surface area (Å²) < 4.78 is 10.3. The number of methoxy groups -OCH3 is 1. The van der Waals surface area contributed by atoms with Crippen molar-refractivity contribution in [3.8, 4) is 0 Å². The molecule has 0 unspecified atom stereocenters. The van der Waals surface area contributed by atoms with Gasteiger partial charge in [-0.05, 0) is 5.56 Å². The first-order chi connectivity index (χ1) is 9.81. The number of ether oxygens (including phenoxy) is 2. The summed E-state index contributed by atoms with van der Waals surface area (Å²) in [6.45, 7) is 1.69. The molecule has 0 aliphatic heterocycles. The summed E-state index contributed by atoms with van der Waals surface area (Å²) in [6.07, 6.45) is 0. The molecule has 0 aliphatic carbocycles. The maximum absolute atomic E-state index is 12.2. The summed E-state index contributed by atoms with van der Waals surface area (Å²) in [5, 5.41) is 0. The summed E-state index contributed by atoms with van der Waals surface area (Å²) in [4.78, 5) is 12.2. The zero-order chi connectivity index (χ0) is 14.2. The van der Waals surface area contributed by atoms with E-state index in [0.717, 1.165) is 5.56 Å². The van der Waals surface area contributed by atoms with Crippen LogP contribution in [0.2, 0.25) is 0 Å². The molecule has 0 radical (unpaired) electrons. The fraction of sp³-hybridized carbons (Fsp3) is 0.235. The van der Waals surface area contributed by atoms with Crippen molar-refractivity contribution >= 4 is 5.78 Å². The van der Waals surface area contributed by atoms with Crippen molar-refractivity contribution in [1.82, 2.24) is 0 Å². The molecule has 0 N–H and O–H groups in total. The number of hydrogen-bond acceptors (Lipinski definition) is 3. The van der Waals surface area contributed by atoms with E-state index in [1.807, 2.05) is 54.6 Å². The van der Waals surface area contributed by atoms with Gasteiger partial charge in [0.25, 0.3) is 0 Å². The molecule has 0 spiro atoms. The molecular formula is C17H18O3. The molecule has 0 saturated heterocycles. The van der Waals surface area contributed by atoms with E-state index in [1.165, 1.54) is 0 Å². The largest absolute Gasteiger partial charge is 0.382 e. The summed E-state index contributed by atoms with van der Waals surface area (Å²) in [7, 11) is 1.65. The van der Waals surface area contributed by atoms with Crippen molar-refractivity contribution in [2.75, 3.05) is 20.3 Å². The van der Waals surface area contributed by atoms with Crippen LogP contribution in [0, 0.1) is 0 Å². The van der Waals surface area contributed by atoms with E-state index in [1.54, 1.807) is 7.11 Å². The predicted octanol–water partition coefficient (Wildman–Crippen LogP) is 3.08. The fourth-order valence-electron chi connectivity index (χ4n) is 1.84. The molecule has 0 atom stereocenters. The summed E-state index contributed by atoms with van der Waals surface area (Å²) >= 11 is 0. The highest BCUT2D eigenvalue weighted by atomic mass is 16.5. The Kier molecular flexibility index (Phi) is 5.47. The van der Waals surface area contributed by atoms with Gasteiger partial charge in [0, 0.05) is 18.2 Å². The van der Waals surface area contributed by atoms with E-state index < -0.39 is 0 Å². The zero-order valence-electron chi connectivity index (χ0n) is 11.5. The molecule has 0 saturated carbocycles. The normalized spacial score (nSPS) is 10.4. The smallest absolute Gasteiger partial charge is 0.193 e. The van der Waals surface area contributed by atoms with Crippen molar-refractivity contribution < 1.29 is 14.3 Å². The van der Waals surface area contributed by atoms with Crippen molar-refractivity contribution in [2.45, 2.75) is 6.61 Å². The van der Waals surface area contributed by atoms with Crippen LogP contribution in [0.4, 0.5) is 0 Å². The van der Waals surface area contributed by atoms with E-state index in [9.17, 15) is 4.79 Å². The first kappa shape index (κ1) is 14.4. The van der Waals surface area contributed by atoms with E-state index in [2.05, 4.69) is 0 Å². The molecule has 104 valence electrons. The minimum absolute atomic E-state index is 0.0393. The maximum Gasteiger partial charge on any atom is 0.193 e. The van der Waals surface area contributed by atoms with Gasteiger partial charge in [-0.1, -0.05) is 54.6 Å². The first-order valence-electron chi connectivity index (χ1n) is 6.56. The van der Waals surface area contributed by atoms with Crippen molar-refractivity contribution in [3.63, 3.8) is 0 Å². The Labute approximate surface area is 119 Å². The number of hydrogen-bond donors (Lipinski definition) is 0. The zero-order valence-corrected chi connectivity index (χ0v) is 11.5. The Morgan fingerprint density at radius 2 is 1.55 bits per heavy atom. The minimum atomic E-state index is 0.0393. The molecule has 0 aromatic heterocycles. The first-order valence-corrected chi connectivity index (χ1v) is 6.56. The molecule has 2 aromatic rings. The minimum Gasteiger partial charge on any atom is -0.382 e. The molecule has 0 aliphatic rings. The summed E-state index contributed by atoms with van der Waals surface area (Å²) in [5.74, 6) is 0.0393. The average molecular weight is 270 g/mol. The molecule has 3 heteroatoms. The standard InChI is InChI=1S/C17H18O3/c1-19-11-12-20-13-14-7-9-16(10-8-14)17(18)15-5-3-2-4-6-15/h2-10H,11-13H2,1H3. The van der Waals surface area contributed by atoms with Gasteiger partial charge in [-0.3, -0.25) is 4.79 Å². The van der Waals surface area contributed by atoms with Crippen LogP contribution in [-0.2, 0) is 16.1 Å². The van der Waals surface area contributed by atoms with Gasteiger partial charge in [-0.2, -0.15) is 0 Å². The number of ketones is 1. The van der Waals surface area contributed by atoms with Crippen LogP contribution in [0.1, 0.15) is 21.5 Å². The van der Waals surface area contributed by atoms with Gasteiger partial charge in [0.15, 0.2) is 5.78 Å². The number of carbonyl (C=O) groups is 1. The number of carbonyl (C=O) groups excluding carboxylic acids is 1. The molecule has 2 rings (SSSR count). The van der Waals surface area contributed by atoms with Gasteiger partial charge < -0.3 is 9.47 Å². The molecule has 2 aromatic carbocycles. The van der Waals surface area contributed by atoms with Gasteiger partial charge in [-0.15, -0.1) is 0 Å². The van der Waals surface area contributed by atoms with E-state index in [4.69, 9.17) is 9.47 Å².